The fraction of sp³-hybridized carbons (Fsp3) is 0.0667. The Balaban J connectivity index is 2.39. The van der Waals surface area contributed by atoms with Crippen molar-refractivity contribution in [2.45, 2.75) is 6.92 Å². The molecule has 0 saturated heterocycles. The molecule has 0 aliphatic carbocycles. The first-order chi connectivity index (χ1) is 9.90. The van der Waals surface area contributed by atoms with Crippen molar-refractivity contribution in [3.63, 3.8) is 0 Å². The standard InChI is InChI=1S/C15H11BrINO3/c1-8-3-2-4-12(13(8)15(20)21)18-14(19)10-7-9(16)5-6-11(10)17/h2-7H,1H3,(H,18,19)(H,20,21). The third kappa shape index (κ3) is 3.62. The third-order valence-corrected chi connectivity index (χ3v) is 4.34. The van der Waals surface area contributed by atoms with Crippen molar-refractivity contribution in [3.8, 4) is 0 Å². The van der Waals surface area contributed by atoms with Gasteiger partial charge in [-0.05, 0) is 59.3 Å². The van der Waals surface area contributed by atoms with Crippen LogP contribution in [0.25, 0.3) is 0 Å². The number of nitrogens with one attached hydrogen (secondary N) is 1. The molecule has 0 bridgehead atoms. The maximum absolute atomic E-state index is 12.3. The summed E-state index contributed by atoms with van der Waals surface area (Å²) in [6, 6.07) is 10.3. The molecule has 0 unspecified atom stereocenters. The van der Waals surface area contributed by atoms with Gasteiger partial charge in [-0.3, -0.25) is 4.79 Å². The third-order valence-electron chi connectivity index (χ3n) is 2.91. The monoisotopic (exact) mass is 459 g/mol. The average molecular weight is 460 g/mol. The van der Waals surface area contributed by atoms with Crippen LogP contribution in [0, 0.1) is 10.5 Å². The second-order valence-corrected chi connectivity index (χ2v) is 6.46. The van der Waals surface area contributed by atoms with Gasteiger partial charge in [0.25, 0.3) is 5.91 Å². The minimum atomic E-state index is -1.06. The second kappa shape index (κ2) is 6.57. The van der Waals surface area contributed by atoms with Crippen LogP contribution in [0.4, 0.5) is 5.69 Å². The minimum Gasteiger partial charge on any atom is -0.478 e. The number of carbonyl (C=O) groups is 2. The highest BCUT2D eigenvalue weighted by atomic mass is 127. The maximum Gasteiger partial charge on any atom is 0.338 e. The second-order valence-electron chi connectivity index (χ2n) is 4.38. The van der Waals surface area contributed by atoms with Crippen LogP contribution >= 0.6 is 38.5 Å². The normalized spacial score (nSPS) is 10.2. The number of hydrogen-bond acceptors (Lipinski definition) is 2. The van der Waals surface area contributed by atoms with Crippen LogP contribution < -0.4 is 5.32 Å². The Kier molecular flexibility index (Phi) is 5.00. The fourth-order valence-corrected chi connectivity index (χ4v) is 2.86. The topological polar surface area (TPSA) is 66.4 Å². The molecule has 0 fully saturated rings. The number of amides is 1. The molecule has 0 aliphatic rings. The molecule has 2 rings (SSSR count). The summed E-state index contributed by atoms with van der Waals surface area (Å²) in [6.07, 6.45) is 0. The van der Waals surface area contributed by atoms with Gasteiger partial charge in [-0.1, -0.05) is 28.1 Å². The number of carboxylic acid groups (broad SMARTS) is 1. The molecule has 0 spiro atoms. The van der Waals surface area contributed by atoms with Gasteiger partial charge in [-0.2, -0.15) is 0 Å². The number of hydrogen-bond donors (Lipinski definition) is 2. The molecule has 2 N–H and O–H groups in total. The van der Waals surface area contributed by atoms with Crippen LogP contribution in [0.5, 0.6) is 0 Å². The van der Waals surface area contributed by atoms with Gasteiger partial charge in [-0.15, -0.1) is 0 Å². The highest BCUT2D eigenvalue weighted by Crippen LogP contribution is 2.23. The molecule has 0 aromatic heterocycles. The van der Waals surface area contributed by atoms with E-state index in [4.69, 9.17) is 0 Å². The van der Waals surface area contributed by atoms with E-state index in [-0.39, 0.29) is 11.5 Å². The number of anilines is 1. The summed E-state index contributed by atoms with van der Waals surface area (Å²) >= 11 is 5.39. The van der Waals surface area contributed by atoms with Gasteiger partial charge in [0, 0.05) is 8.04 Å². The molecule has 6 heteroatoms. The lowest BCUT2D eigenvalue weighted by Crippen LogP contribution is -2.16. The van der Waals surface area contributed by atoms with Crippen LogP contribution in [0.15, 0.2) is 40.9 Å². The summed E-state index contributed by atoms with van der Waals surface area (Å²) in [5.74, 6) is -1.40. The van der Waals surface area contributed by atoms with E-state index in [9.17, 15) is 14.7 Å². The number of rotatable bonds is 3. The largest absolute Gasteiger partial charge is 0.478 e. The average Bonchev–Trinajstić information content (AvgIpc) is 2.41. The van der Waals surface area contributed by atoms with Crippen LogP contribution in [-0.4, -0.2) is 17.0 Å². The molecule has 4 nitrogen and oxygen atoms in total. The molecule has 0 radical (unpaired) electrons. The van der Waals surface area contributed by atoms with Gasteiger partial charge < -0.3 is 10.4 Å². The van der Waals surface area contributed by atoms with Crippen molar-refractivity contribution in [2.24, 2.45) is 0 Å². The Morgan fingerprint density at radius 1 is 1.24 bits per heavy atom. The van der Waals surface area contributed by atoms with Crippen molar-refractivity contribution < 1.29 is 14.7 Å². The number of halogens is 2. The van der Waals surface area contributed by atoms with Crippen molar-refractivity contribution in [2.75, 3.05) is 5.32 Å². The van der Waals surface area contributed by atoms with E-state index in [1.807, 2.05) is 12.1 Å². The Morgan fingerprint density at radius 2 is 1.95 bits per heavy atom. The lowest BCUT2D eigenvalue weighted by Gasteiger charge is -2.11. The zero-order valence-electron chi connectivity index (χ0n) is 11.0. The number of carboxylic acids is 1. The molecule has 108 valence electrons. The highest BCUT2D eigenvalue weighted by molar-refractivity contribution is 14.1. The van der Waals surface area contributed by atoms with Gasteiger partial charge in [0.2, 0.25) is 0 Å². The first-order valence-electron chi connectivity index (χ1n) is 5.99. The van der Waals surface area contributed by atoms with Gasteiger partial charge in [0.05, 0.1) is 16.8 Å². The van der Waals surface area contributed by atoms with E-state index < -0.39 is 5.97 Å². The predicted octanol–water partition coefficient (Wildman–Crippen LogP) is 4.31. The molecule has 2 aromatic carbocycles. The van der Waals surface area contributed by atoms with Gasteiger partial charge >= 0.3 is 5.97 Å². The predicted molar refractivity (Wildman–Crippen MR) is 93.0 cm³/mol. The molecule has 1 amide bonds. The molecular formula is C15H11BrINO3. The summed E-state index contributed by atoms with van der Waals surface area (Å²) in [5.41, 5.74) is 1.49. The van der Waals surface area contributed by atoms with Crippen LogP contribution in [0.1, 0.15) is 26.3 Å². The maximum atomic E-state index is 12.3. The van der Waals surface area contributed by atoms with E-state index in [1.165, 1.54) is 0 Å². The quantitative estimate of drug-likeness (QED) is 0.672. The molecule has 2 aromatic rings. The Bertz CT molecular complexity index is 731. The highest BCUT2D eigenvalue weighted by Gasteiger charge is 2.17. The number of aryl methyl sites for hydroxylation is 1. The molecule has 0 saturated carbocycles. The van der Waals surface area contributed by atoms with Gasteiger partial charge in [-0.25, -0.2) is 4.79 Å². The van der Waals surface area contributed by atoms with Crippen molar-refractivity contribution in [1.82, 2.24) is 0 Å². The Labute approximate surface area is 143 Å². The zero-order valence-corrected chi connectivity index (χ0v) is 14.7. The molecular weight excluding hydrogens is 449 g/mol. The van der Waals surface area contributed by atoms with Gasteiger partial charge in [0.1, 0.15) is 0 Å². The van der Waals surface area contributed by atoms with Crippen molar-refractivity contribution in [1.29, 1.82) is 0 Å². The lowest BCUT2D eigenvalue weighted by molar-refractivity contribution is 0.0697. The Morgan fingerprint density at radius 3 is 2.62 bits per heavy atom. The summed E-state index contributed by atoms with van der Waals surface area (Å²) in [4.78, 5) is 23.7. The fourth-order valence-electron chi connectivity index (χ4n) is 1.92. The SMILES string of the molecule is Cc1cccc(NC(=O)c2cc(Br)ccc2I)c1C(=O)O. The first-order valence-corrected chi connectivity index (χ1v) is 7.86. The molecule has 0 atom stereocenters. The number of benzene rings is 2. The zero-order chi connectivity index (χ0) is 15.6. The minimum absolute atomic E-state index is 0.107. The lowest BCUT2D eigenvalue weighted by atomic mass is 10.1. The van der Waals surface area contributed by atoms with Crippen molar-refractivity contribution >= 4 is 56.1 Å². The molecule has 0 heterocycles. The van der Waals surface area contributed by atoms with Crippen LogP contribution in [-0.2, 0) is 0 Å². The van der Waals surface area contributed by atoms with Crippen LogP contribution in [0.3, 0.4) is 0 Å². The van der Waals surface area contributed by atoms with Crippen molar-refractivity contribution in [3.05, 3.63) is 61.1 Å². The van der Waals surface area contributed by atoms with E-state index in [0.717, 1.165) is 8.04 Å². The van der Waals surface area contributed by atoms with E-state index in [2.05, 4.69) is 43.8 Å². The van der Waals surface area contributed by atoms with E-state index in [1.54, 1.807) is 31.2 Å². The Hall–Kier alpha value is -1.41. The van der Waals surface area contributed by atoms with E-state index >= 15 is 0 Å². The summed E-state index contributed by atoms with van der Waals surface area (Å²) in [7, 11) is 0. The molecule has 0 aliphatic heterocycles. The first kappa shape index (κ1) is 16.0. The number of aromatic carboxylic acids is 1. The number of carbonyl (C=O) groups excluding carboxylic acids is 1. The van der Waals surface area contributed by atoms with E-state index in [0.29, 0.717) is 16.8 Å². The summed E-state index contributed by atoms with van der Waals surface area (Å²) in [5, 5.41) is 11.9. The summed E-state index contributed by atoms with van der Waals surface area (Å²) < 4.78 is 1.58. The smallest absolute Gasteiger partial charge is 0.338 e. The summed E-state index contributed by atoms with van der Waals surface area (Å²) in [6.45, 7) is 1.70. The molecule has 21 heavy (non-hydrogen) atoms. The van der Waals surface area contributed by atoms with Gasteiger partial charge in [0.15, 0.2) is 0 Å². The van der Waals surface area contributed by atoms with Crippen LogP contribution in [0.2, 0.25) is 0 Å².